The Morgan fingerprint density at radius 1 is 1.50 bits per heavy atom. The van der Waals surface area contributed by atoms with Crippen LogP contribution in [-0.4, -0.2) is 15.0 Å². The van der Waals surface area contributed by atoms with Crippen LogP contribution in [0.4, 0.5) is 0 Å². The van der Waals surface area contributed by atoms with Gasteiger partial charge in [0.1, 0.15) is 11.5 Å². The first-order chi connectivity index (χ1) is 5.81. The van der Waals surface area contributed by atoms with Crippen LogP contribution in [0.1, 0.15) is 18.3 Å². The number of rotatable bonds is 1. The number of H-pyrrole nitrogens is 1. The summed E-state index contributed by atoms with van der Waals surface area (Å²) in [6.07, 6.45) is 4.90. The van der Waals surface area contributed by atoms with E-state index in [1.54, 1.807) is 0 Å². The van der Waals surface area contributed by atoms with Gasteiger partial charge >= 0.3 is 0 Å². The zero-order valence-corrected chi connectivity index (χ0v) is 7.26. The number of aryl methyl sites for hydroxylation is 2. The molecule has 3 heteroatoms. The Bertz CT molecular complexity index is 403. The lowest BCUT2D eigenvalue weighted by Gasteiger charge is -1.92. The van der Waals surface area contributed by atoms with Crippen molar-refractivity contribution in [3.05, 3.63) is 23.8 Å². The molecule has 0 aliphatic rings. The first-order valence-electron chi connectivity index (χ1n) is 4.11. The van der Waals surface area contributed by atoms with Crippen molar-refractivity contribution in [3.8, 4) is 0 Å². The lowest BCUT2D eigenvalue weighted by atomic mass is 10.2. The molecular formula is C9H11N3. The Balaban J connectivity index is 2.73. The predicted molar refractivity (Wildman–Crippen MR) is 48.0 cm³/mol. The van der Waals surface area contributed by atoms with E-state index in [-0.39, 0.29) is 0 Å². The number of hydrogen-bond acceptors (Lipinski definition) is 2. The molecule has 0 saturated carbocycles. The molecular weight excluding hydrogens is 150 g/mol. The fraction of sp³-hybridized carbons (Fsp3) is 0.333. The quantitative estimate of drug-likeness (QED) is 0.693. The van der Waals surface area contributed by atoms with Crippen LogP contribution < -0.4 is 0 Å². The van der Waals surface area contributed by atoms with Crippen LogP contribution in [0.3, 0.4) is 0 Å². The number of nitrogens with zero attached hydrogens (tertiary/aromatic N) is 2. The number of hydrogen-bond donors (Lipinski definition) is 1. The van der Waals surface area contributed by atoms with E-state index in [9.17, 15) is 0 Å². The molecule has 12 heavy (non-hydrogen) atoms. The minimum Gasteiger partial charge on any atom is -0.346 e. The fourth-order valence-electron chi connectivity index (χ4n) is 1.34. The van der Waals surface area contributed by atoms with Gasteiger partial charge in [0, 0.05) is 17.8 Å². The highest BCUT2D eigenvalue weighted by atomic mass is 14.9. The van der Waals surface area contributed by atoms with E-state index < -0.39 is 0 Å². The molecule has 0 aliphatic heterocycles. The van der Waals surface area contributed by atoms with Gasteiger partial charge in [0.15, 0.2) is 0 Å². The van der Waals surface area contributed by atoms with Gasteiger partial charge in [-0.25, -0.2) is 9.97 Å². The minimum atomic E-state index is 0.812. The molecule has 2 rings (SSSR count). The Morgan fingerprint density at radius 3 is 3.08 bits per heavy atom. The summed E-state index contributed by atoms with van der Waals surface area (Å²) >= 11 is 0. The van der Waals surface area contributed by atoms with Gasteiger partial charge in [-0.2, -0.15) is 0 Å². The van der Waals surface area contributed by atoms with E-state index in [0.717, 1.165) is 23.3 Å². The zero-order valence-electron chi connectivity index (χ0n) is 7.26. The third kappa shape index (κ3) is 0.978. The molecule has 0 bridgehead atoms. The molecule has 0 fully saturated rings. The molecule has 0 spiro atoms. The zero-order chi connectivity index (χ0) is 8.55. The summed E-state index contributed by atoms with van der Waals surface area (Å²) in [4.78, 5) is 11.6. The summed E-state index contributed by atoms with van der Waals surface area (Å²) in [5, 5.41) is 1.14. The first-order valence-corrected chi connectivity index (χ1v) is 4.11. The van der Waals surface area contributed by atoms with Crippen LogP contribution in [0.5, 0.6) is 0 Å². The second-order valence-corrected chi connectivity index (χ2v) is 2.85. The third-order valence-electron chi connectivity index (χ3n) is 2.02. The molecule has 2 heterocycles. The molecule has 2 aromatic heterocycles. The lowest BCUT2D eigenvalue weighted by Crippen LogP contribution is -1.86. The van der Waals surface area contributed by atoms with E-state index in [2.05, 4.69) is 21.9 Å². The summed E-state index contributed by atoms with van der Waals surface area (Å²) in [5.41, 5.74) is 2.23. The summed E-state index contributed by atoms with van der Waals surface area (Å²) in [6, 6.07) is 0. The molecule has 0 aliphatic carbocycles. The van der Waals surface area contributed by atoms with E-state index in [1.807, 2.05) is 19.3 Å². The van der Waals surface area contributed by atoms with Crippen LogP contribution in [0, 0.1) is 6.92 Å². The van der Waals surface area contributed by atoms with Crippen molar-refractivity contribution in [1.29, 1.82) is 0 Å². The molecule has 3 nitrogen and oxygen atoms in total. The molecule has 0 aromatic carbocycles. The molecule has 0 saturated heterocycles. The summed E-state index contributed by atoms with van der Waals surface area (Å²) in [5.74, 6) is 0.812. The number of aromatic amines is 1. The van der Waals surface area contributed by atoms with Crippen molar-refractivity contribution in [3.63, 3.8) is 0 Å². The van der Waals surface area contributed by atoms with Crippen LogP contribution >= 0.6 is 0 Å². The van der Waals surface area contributed by atoms with Crippen molar-refractivity contribution >= 4 is 11.0 Å². The molecule has 2 aromatic rings. The maximum atomic E-state index is 4.28. The topological polar surface area (TPSA) is 41.6 Å². The number of aromatic nitrogens is 3. The van der Waals surface area contributed by atoms with E-state index >= 15 is 0 Å². The van der Waals surface area contributed by atoms with Gasteiger partial charge in [-0.05, 0) is 18.9 Å². The standard InChI is InChI=1S/C9H11N3/c1-3-7-4-11-9-8(7)5-10-6(2)12-9/h4-5H,3H2,1-2H3,(H,10,11,12). The normalized spacial score (nSPS) is 10.8. The SMILES string of the molecule is CCc1c[nH]c2nc(C)ncc12. The van der Waals surface area contributed by atoms with Gasteiger partial charge in [0.2, 0.25) is 0 Å². The first kappa shape index (κ1) is 7.28. The van der Waals surface area contributed by atoms with Gasteiger partial charge in [-0.3, -0.25) is 0 Å². The Hall–Kier alpha value is -1.38. The average molecular weight is 161 g/mol. The second kappa shape index (κ2) is 2.59. The Morgan fingerprint density at radius 2 is 2.33 bits per heavy atom. The van der Waals surface area contributed by atoms with Gasteiger partial charge in [0.05, 0.1) is 0 Å². The molecule has 0 unspecified atom stereocenters. The van der Waals surface area contributed by atoms with Crippen molar-refractivity contribution < 1.29 is 0 Å². The predicted octanol–water partition coefficient (Wildman–Crippen LogP) is 1.83. The second-order valence-electron chi connectivity index (χ2n) is 2.85. The maximum absolute atomic E-state index is 4.28. The van der Waals surface area contributed by atoms with E-state index in [0.29, 0.717) is 0 Å². The van der Waals surface area contributed by atoms with Crippen LogP contribution in [-0.2, 0) is 6.42 Å². The Labute approximate surface area is 70.9 Å². The molecule has 0 amide bonds. The highest BCUT2D eigenvalue weighted by Gasteiger charge is 2.02. The average Bonchev–Trinajstić information content (AvgIpc) is 2.46. The Kier molecular flexibility index (Phi) is 1.57. The molecule has 0 atom stereocenters. The van der Waals surface area contributed by atoms with Crippen LogP contribution in [0.2, 0.25) is 0 Å². The summed E-state index contributed by atoms with van der Waals surface area (Å²) in [6.45, 7) is 4.02. The number of fused-ring (bicyclic) bond motifs is 1. The van der Waals surface area contributed by atoms with Crippen molar-refractivity contribution in [2.75, 3.05) is 0 Å². The molecule has 0 radical (unpaired) electrons. The summed E-state index contributed by atoms with van der Waals surface area (Å²) < 4.78 is 0. The highest BCUT2D eigenvalue weighted by Crippen LogP contribution is 2.15. The fourth-order valence-corrected chi connectivity index (χ4v) is 1.34. The minimum absolute atomic E-state index is 0.812. The maximum Gasteiger partial charge on any atom is 0.141 e. The highest BCUT2D eigenvalue weighted by molar-refractivity contribution is 5.78. The molecule has 1 N–H and O–H groups in total. The van der Waals surface area contributed by atoms with Gasteiger partial charge in [0.25, 0.3) is 0 Å². The lowest BCUT2D eigenvalue weighted by molar-refractivity contribution is 1.08. The van der Waals surface area contributed by atoms with Crippen LogP contribution in [0.15, 0.2) is 12.4 Å². The smallest absolute Gasteiger partial charge is 0.141 e. The van der Waals surface area contributed by atoms with Gasteiger partial charge in [-0.1, -0.05) is 6.92 Å². The van der Waals surface area contributed by atoms with E-state index in [1.165, 1.54) is 5.56 Å². The van der Waals surface area contributed by atoms with Crippen molar-refractivity contribution in [2.24, 2.45) is 0 Å². The van der Waals surface area contributed by atoms with Gasteiger partial charge < -0.3 is 4.98 Å². The third-order valence-corrected chi connectivity index (χ3v) is 2.02. The van der Waals surface area contributed by atoms with Crippen LogP contribution in [0.25, 0.3) is 11.0 Å². The van der Waals surface area contributed by atoms with E-state index in [4.69, 9.17) is 0 Å². The molecule has 62 valence electrons. The van der Waals surface area contributed by atoms with Gasteiger partial charge in [-0.15, -0.1) is 0 Å². The monoisotopic (exact) mass is 161 g/mol. The van der Waals surface area contributed by atoms with Crippen molar-refractivity contribution in [2.45, 2.75) is 20.3 Å². The van der Waals surface area contributed by atoms with Crippen molar-refractivity contribution in [1.82, 2.24) is 15.0 Å². The largest absolute Gasteiger partial charge is 0.346 e. The number of nitrogens with one attached hydrogen (secondary N) is 1. The summed E-state index contributed by atoms with van der Waals surface area (Å²) in [7, 11) is 0.